The predicted molar refractivity (Wildman–Crippen MR) is 258 cm³/mol. The van der Waals surface area contributed by atoms with Crippen LogP contribution in [0.4, 0.5) is 34.1 Å². The van der Waals surface area contributed by atoms with E-state index in [1.165, 1.54) is 54.6 Å². The van der Waals surface area contributed by atoms with E-state index in [1.807, 2.05) is 13.8 Å². The Hall–Kier alpha value is -6.23. The number of anilines is 4. The van der Waals surface area contributed by atoms with E-state index >= 15 is 0 Å². The summed E-state index contributed by atoms with van der Waals surface area (Å²) >= 11 is 30.8. The second-order valence-electron chi connectivity index (χ2n) is 14.4. The standard InChI is InChI=1S/C46H41Cl5N8O7/c1-24(48)28-5-9-30(10-6-28)52-43(62)35-21-33(13-16-37(35)50)56-58-41(26(3)60)45(64)54-32-15-18-39(40(23-32)66-20-19-47)55-46(65)42(27(4)61)59-57-34-14-17-38(51)36(22-34)44(63)53-31-11-7-29(8-12-31)25(2)49/h5-18,21-25,41-42H,19-20H2,1-4H3,(H,52,62)(H,53,63)(H,54,64)(H,55,65). The molecule has 0 aliphatic heterocycles. The number of alkyl halides is 3. The topological polar surface area (TPSA) is 209 Å². The number of nitrogens with zero attached hydrogens (tertiary/aromatic N) is 4. The summed E-state index contributed by atoms with van der Waals surface area (Å²) in [5.41, 5.74) is 3.36. The van der Waals surface area contributed by atoms with Crippen molar-refractivity contribution in [3.63, 3.8) is 0 Å². The maximum absolute atomic E-state index is 13.5. The summed E-state index contributed by atoms with van der Waals surface area (Å²) in [6.07, 6.45) is 0. The SMILES string of the molecule is CC(=O)C(N=Nc1ccc(Cl)c(C(=O)Nc2ccc(C(C)Cl)cc2)c1)C(=O)Nc1ccc(NC(=O)C(N=Nc2ccc(Cl)c(C(=O)Nc3ccc(C(C)Cl)cc3)c2)C(C)=O)c(OCCCl)c1. The van der Waals surface area contributed by atoms with Crippen molar-refractivity contribution in [3.8, 4) is 5.75 Å². The number of halogens is 5. The molecule has 5 aromatic rings. The molecule has 0 saturated heterocycles. The van der Waals surface area contributed by atoms with Gasteiger partial charge in [-0.15, -0.1) is 34.8 Å². The number of hydrogen-bond acceptors (Lipinski definition) is 11. The molecule has 5 aromatic carbocycles. The van der Waals surface area contributed by atoms with Gasteiger partial charge in [0.2, 0.25) is 12.1 Å². The fraction of sp³-hybridized carbons (Fsp3) is 0.217. The smallest absolute Gasteiger partial charge is 0.258 e. The first-order valence-corrected chi connectivity index (χ1v) is 22.1. The summed E-state index contributed by atoms with van der Waals surface area (Å²) in [7, 11) is 0. The second kappa shape index (κ2) is 23.8. The van der Waals surface area contributed by atoms with Crippen LogP contribution < -0.4 is 26.0 Å². The number of benzene rings is 5. The van der Waals surface area contributed by atoms with E-state index in [1.54, 1.807) is 48.5 Å². The quantitative estimate of drug-likeness (QED) is 0.0357. The van der Waals surface area contributed by atoms with Gasteiger partial charge in [0.05, 0.1) is 54.9 Å². The molecule has 4 unspecified atom stereocenters. The van der Waals surface area contributed by atoms with Gasteiger partial charge in [-0.05, 0) is 112 Å². The zero-order valence-corrected chi connectivity index (χ0v) is 39.4. The molecule has 15 nitrogen and oxygen atoms in total. The van der Waals surface area contributed by atoms with Crippen molar-refractivity contribution < 1.29 is 33.5 Å². The minimum atomic E-state index is -1.63. The lowest BCUT2D eigenvalue weighted by Crippen LogP contribution is -2.32. The lowest BCUT2D eigenvalue weighted by Gasteiger charge is -2.16. The van der Waals surface area contributed by atoms with Gasteiger partial charge >= 0.3 is 0 Å². The van der Waals surface area contributed by atoms with E-state index in [0.717, 1.165) is 25.0 Å². The maximum atomic E-state index is 13.5. The van der Waals surface area contributed by atoms with Crippen LogP contribution in [0.2, 0.25) is 10.0 Å². The molecule has 4 amide bonds. The number of nitrogens with one attached hydrogen (secondary N) is 4. The monoisotopic (exact) mass is 992 g/mol. The van der Waals surface area contributed by atoms with Crippen LogP contribution in [0.1, 0.15) is 70.3 Å². The number of Topliss-reactive ketones (excluding diaryl/α,β-unsaturated/α-hetero) is 2. The lowest BCUT2D eigenvalue weighted by atomic mass is 10.1. The van der Waals surface area contributed by atoms with Crippen LogP contribution in [0, 0.1) is 0 Å². The van der Waals surface area contributed by atoms with E-state index in [4.69, 9.17) is 62.7 Å². The Morgan fingerprint density at radius 2 is 0.985 bits per heavy atom. The molecule has 0 bridgehead atoms. The Morgan fingerprint density at radius 1 is 0.561 bits per heavy atom. The second-order valence-corrected chi connectivity index (χ2v) is 16.9. The van der Waals surface area contributed by atoms with Gasteiger partial charge in [0.1, 0.15) is 12.4 Å². The zero-order valence-electron chi connectivity index (χ0n) is 35.6. The molecule has 0 aliphatic carbocycles. The highest BCUT2D eigenvalue weighted by molar-refractivity contribution is 6.35. The van der Waals surface area contributed by atoms with Crippen molar-refractivity contribution in [1.82, 2.24) is 0 Å². The average Bonchev–Trinajstić information content (AvgIpc) is 3.27. The first-order chi connectivity index (χ1) is 31.4. The number of carbonyl (C=O) groups is 6. The number of azo groups is 2. The van der Waals surface area contributed by atoms with E-state index in [9.17, 15) is 28.8 Å². The summed E-state index contributed by atoms with van der Waals surface area (Å²) in [6, 6.07) is 23.3. The lowest BCUT2D eigenvalue weighted by molar-refractivity contribution is -0.127. The Kier molecular flexibility index (Phi) is 18.3. The summed E-state index contributed by atoms with van der Waals surface area (Å²) < 4.78 is 5.74. The number of hydrogen-bond donors (Lipinski definition) is 4. The van der Waals surface area contributed by atoms with Crippen LogP contribution in [0.25, 0.3) is 0 Å². The third kappa shape index (κ3) is 14.1. The summed E-state index contributed by atoms with van der Waals surface area (Å²) in [6.45, 7) is 5.94. The fourth-order valence-electron chi connectivity index (χ4n) is 5.83. The molecule has 4 atom stereocenters. The Labute approximate surface area is 404 Å². The first-order valence-electron chi connectivity index (χ1n) is 19.9. The molecule has 342 valence electrons. The van der Waals surface area contributed by atoms with Crippen LogP contribution in [0.3, 0.4) is 0 Å². The van der Waals surface area contributed by atoms with E-state index < -0.39 is 47.3 Å². The van der Waals surface area contributed by atoms with Gasteiger partial charge < -0.3 is 26.0 Å². The summed E-state index contributed by atoms with van der Waals surface area (Å²) in [5.74, 6) is -4.02. The van der Waals surface area contributed by atoms with Gasteiger partial charge in [0.15, 0.2) is 11.6 Å². The number of amides is 4. The molecule has 0 spiro atoms. The molecule has 0 radical (unpaired) electrons. The van der Waals surface area contributed by atoms with Crippen LogP contribution in [-0.4, -0.2) is 59.8 Å². The molecular formula is C46H41Cl5N8O7. The number of carbonyl (C=O) groups excluding carboxylic acids is 6. The number of ketones is 2. The number of rotatable bonds is 19. The van der Waals surface area contributed by atoms with Crippen molar-refractivity contribution in [2.24, 2.45) is 20.5 Å². The molecular weight excluding hydrogens is 954 g/mol. The highest BCUT2D eigenvalue weighted by atomic mass is 35.5. The molecule has 4 N–H and O–H groups in total. The van der Waals surface area contributed by atoms with Gasteiger partial charge in [0, 0.05) is 23.1 Å². The van der Waals surface area contributed by atoms with Gasteiger partial charge in [-0.25, -0.2) is 0 Å². The highest BCUT2D eigenvalue weighted by Gasteiger charge is 2.27. The van der Waals surface area contributed by atoms with E-state index in [-0.39, 0.29) is 72.9 Å². The molecule has 0 aliphatic rings. The fourth-order valence-corrected chi connectivity index (χ4v) is 6.60. The molecule has 0 aromatic heterocycles. The van der Waals surface area contributed by atoms with Crippen LogP contribution >= 0.6 is 58.0 Å². The van der Waals surface area contributed by atoms with Crippen molar-refractivity contribution >= 4 is 127 Å². The largest absolute Gasteiger partial charge is 0.490 e. The highest BCUT2D eigenvalue weighted by Crippen LogP contribution is 2.31. The normalized spacial score (nSPS) is 13.0. The van der Waals surface area contributed by atoms with Crippen LogP contribution in [0.5, 0.6) is 5.75 Å². The first kappa shape index (κ1) is 50.8. The molecule has 0 saturated carbocycles. The summed E-state index contributed by atoms with van der Waals surface area (Å²) in [5, 5.41) is 26.6. The van der Waals surface area contributed by atoms with Crippen LogP contribution in [0.15, 0.2) is 124 Å². The molecule has 0 heterocycles. The van der Waals surface area contributed by atoms with Gasteiger partial charge in [-0.3, -0.25) is 28.8 Å². The summed E-state index contributed by atoms with van der Waals surface area (Å²) in [4.78, 5) is 78.4. The number of ether oxygens (including phenoxy) is 1. The predicted octanol–water partition coefficient (Wildman–Crippen LogP) is 12.1. The van der Waals surface area contributed by atoms with Crippen molar-refractivity contribution in [1.29, 1.82) is 0 Å². The van der Waals surface area contributed by atoms with E-state index in [0.29, 0.717) is 11.4 Å². The Balaban J connectivity index is 1.27. The van der Waals surface area contributed by atoms with Crippen molar-refractivity contribution in [3.05, 3.63) is 135 Å². The minimum absolute atomic E-state index is 0.0208. The third-order valence-corrected chi connectivity index (χ3v) is 10.6. The van der Waals surface area contributed by atoms with Gasteiger partial charge in [-0.1, -0.05) is 47.5 Å². The van der Waals surface area contributed by atoms with Gasteiger partial charge in [0.25, 0.3) is 23.6 Å². The third-order valence-electron chi connectivity index (χ3n) is 9.33. The van der Waals surface area contributed by atoms with Crippen molar-refractivity contribution in [2.45, 2.75) is 50.5 Å². The maximum Gasteiger partial charge on any atom is 0.258 e. The molecule has 20 heteroatoms. The van der Waals surface area contributed by atoms with Gasteiger partial charge in [-0.2, -0.15) is 20.5 Å². The Morgan fingerprint density at radius 3 is 1.39 bits per heavy atom. The van der Waals surface area contributed by atoms with Crippen molar-refractivity contribution in [2.75, 3.05) is 33.8 Å². The molecule has 0 fully saturated rings. The van der Waals surface area contributed by atoms with E-state index in [2.05, 4.69) is 41.7 Å². The average molecular weight is 995 g/mol. The molecule has 5 rings (SSSR count). The minimum Gasteiger partial charge on any atom is -0.490 e. The molecule has 66 heavy (non-hydrogen) atoms. The Bertz CT molecular complexity index is 2680. The van der Waals surface area contributed by atoms with Crippen LogP contribution in [-0.2, 0) is 19.2 Å². The zero-order chi connectivity index (χ0) is 48.1.